The van der Waals surface area contributed by atoms with Crippen molar-refractivity contribution in [1.82, 2.24) is 4.98 Å². The molecule has 1 aromatic heterocycles. The van der Waals surface area contributed by atoms with Gasteiger partial charge >= 0.3 is 11.8 Å². The van der Waals surface area contributed by atoms with Gasteiger partial charge in [0.05, 0.1) is 17.6 Å². The van der Waals surface area contributed by atoms with E-state index in [1.165, 1.54) is 6.20 Å². The van der Waals surface area contributed by atoms with Crippen LogP contribution >= 0.6 is 0 Å². The zero-order valence-corrected chi connectivity index (χ0v) is 23.2. The molecule has 1 aromatic rings. The van der Waals surface area contributed by atoms with Crippen LogP contribution in [0.1, 0.15) is 53.5 Å². The quantitative estimate of drug-likeness (QED) is 0.320. The number of aromatic nitrogens is 1. The maximum absolute atomic E-state index is 11.9. The highest BCUT2D eigenvalue weighted by Crippen LogP contribution is 2.45. The molecule has 3 rings (SSSR count). The van der Waals surface area contributed by atoms with E-state index in [0.29, 0.717) is 44.1 Å². The van der Waals surface area contributed by atoms with E-state index in [1.54, 1.807) is 0 Å². The summed E-state index contributed by atoms with van der Waals surface area (Å²) in [7, 11) is -2.12. The van der Waals surface area contributed by atoms with Crippen molar-refractivity contribution < 1.29 is 23.6 Å². The van der Waals surface area contributed by atoms with Crippen LogP contribution in [0, 0.1) is 22.0 Å². The second-order valence-electron chi connectivity index (χ2n) is 12.0. The number of nitrogens with zero attached hydrogens (tertiary/aromatic N) is 3. The number of rotatable bonds is 7. The molecule has 0 radical (unpaired) electrons. The van der Waals surface area contributed by atoms with Gasteiger partial charge in [-0.2, -0.15) is 0 Å². The number of primary amides is 1. The van der Waals surface area contributed by atoms with Gasteiger partial charge in [-0.15, -0.1) is 0 Å². The Balaban J connectivity index is 2.01. The standard InChI is InChI=1S/C24H40N4O6Si/c1-15-13-27(19-17-9-10-32-21(17)26-12-18(19)28(30)31)14-16(11-24(5,6)33-22(25)29)20(15)34-35(7,8)23(2,3)4/h12,15-16,20H,9-11,13-14H2,1-8H3,(H2,25,29)/t15-,16+,20+/m0/s1. The van der Waals surface area contributed by atoms with Gasteiger partial charge in [0.25, 0.3) is 0 Å². The monoisotopic (exact) mass is 508 g/mol. The van der Waals surface area contributed by atoms with Crippen molar-refractivity contribution in [2.45, 2.75) is 84.2 Å². The highest BCUT2D eigenvalue weighted by molar-refractivity contribution is 6.74. The first kappa shape index (κ1) is 27.2. The first-order valence-corrected chi connectivity index (χ1v) is 15.1. The van der Waals surface area contributed by atoms with Gasteiger partial charge in [-0.1, -0.05) is 27.7 Å². The summed E-state index contributed by atoms with van der Waals surface area (Å²) in [5, 5.41) is 12.0. The van der Waals surface area contributed by atoms with Gasteiger partial charge in [0.15, 0.2) is 8.32 Å². The summed E-state index contributed by atoms with van der Waals surface area (Å²) in [4.78, 5) is 29.4. The second-order valence-corrected chi connectivity index (χ2v) is 16.8. The molecule has 3 heterocycles. The van der Waals surface area contributed by atoms with Crippen LogP contribution in [-0.4, -0.2) is 55.7 Å². The highest BCUT2D eigenvalue weighted by Gasteiger charge is 2.47. The summed E-state index contributed by atoms with van der Waals surface area (Å²) in [5.74, 6) is 0.498. The van der Waals surface area contributed by atoms with Crippen LogP contribution in [0.5, 0.6) is 5.88 Å². The molecule has 0 aliphatic carbocycles. The van der Waals surface area contributed by atoms with E-state index in [9.17, 15) is 14.9 Å². The van der Waals surface area contributed by atoms with Crippen molar-refractivity contribution in [3.05, 3.63) is 21.9 Å². The summed E-state index contributed by atoms with van der Waals surface area (Å²) in [6, 6.07) is 0. The van der Waals surface area contributed by atoms with Crippen LogP contribution in [0.15, 0.2) is 6.20 Å². The Kier molecular flexibility index (Phi) is 7.43. The second kappa shape index (κ2) is 9.57. The predicted molar refractivity (Wildman–Crippen MR) is 136 cm³/mol. The number of carbonyl (C=O) groups excluding carboxylic acids is 1. The van der Waals surface area contributed by atoms with E-state index in [0.717, 1.165) is 5.56 Å². The van der Waals surface area contributed by atoms with E-state index in [-0.39, 0.29) is 33.6 Å². The Morgan fingerprint density at radius 3 is 2.54 bits per heavy atom. The Labute approximate surface area is 208 Å². The van der Waals surface area contributed by atoms with Crippen LogP contribution in [0.25, 0.3) is 0 Å². The van der Waals surface area contributed by atoms with Crippen LogP contribution in [-0.2, 0) is 15.6 Å². The van der Waals surface area contributed by atoms with Crippen LogP contribution in [0.2, 0.25) is 18.1 Å². The fourth-order valence-corrected chi connectivity index (χ4v) is 6.48. The third kappa shape index (κ3) is 5.88. The first-order valence-electron chi connectivity index (χ1n) is 12.2. The molecule has 2 N–H and O–H groups in total. The lowest BCUT2D eigenvalue weighted by molar-refractivity contribution is -0.384. The molecule has 10 nitrogen and oxygen atoms in total. The zero-order chi connectivity index (χ0) is 26.3. The summed E-state index contributed by atoms with van der Waals surface area (Å²) in [6.45, 7) is 18.5. The van der Waals surface area contributed by atoms with Gasteiger partial charge in [-0.25, -0.2) is 9.78 Å². The summed E-state index contributed by atoms with van der Waals surface area (Å²) in [6.07, 6.45) is 1.46. The number of carbonyl (C=O) groups is 1. The van der Waals surface area contributed by atoms with E-state index < -0.39 is 20.0 Å². The van der Waals surface area contributed by atoms with Gasteiger partial charge in [0, 0.05) is 31.0 Å². The molecule has 0 bridgehead atoms. The normalized spacial score (nSPS) is 23.0. The molecule has 2 aliphatic rings. The average Bonchev–Trinajstić information content (AvgIpc) is 3.16. The minimum absolute atomic E-state index is 0.0170. The highest BCUT2D eigenvalue weighted by atomic mass is 28.4. The fraction of sp³-hybridized carbons (Fsp3) is 0.750. The Morgan fingerprint density at radius 2 is 1.97 bits per heavy atom. The molecule has 1 amide bonds. The number of ether oxygens (including phenoxy) is 2. The van der Waals surface area contributed by atoms with Crippen molar-refractivity contribution in [1.29, 1.82) is 0 Å². The molecule has 196 valence electrons. The third-order valence-corrected chi connectivity index (χ3v) is 12.0. The number of fused-ring (bicyclic) bond motifs is 1. The molecule has 35 heavy (non-hydrogen) atoms. The smallest absolute Gasteiger partial charge is 0.405 e. The molecule has 0 aromatic carbocycles. The Hall–Kier alpha value is -2.40. The van der Waals surface area contributed by atoms with Crippen molar-refractivity contribution >= 4 is 25.8 Å². The van der Waals surface area contributed by atoms with Crippen molar-refractivity contribution in [3.63, 3.8) is 0 Å². The SMILES string of the molecule is C[C@H]1CN(c2c([N+](=O)[O-])cnc3c2CCO3)C[C@@H](CC(C)(C)OC(N)=O)[C@@H]1O[Si](C)(C)C(C)(C)C. The largest absolute Gasteiger partial charge is 0.477 e. The molecule has 11 heteroatoms. The predicted octanol–water partition coefficient (Wildman–Crippen LogP) is 4.65. The summed E-state index contributed by atoms with van der Waals surface area (Å²) >= 11 is 0. The van der Waals surface area contributed by atoms with Gasteiger partial charge in [0.1, 0.15) is 17.5 Å². The van der Waals surface area contributed by atoms with Crippen molar-refractivity contribution in [3.8, 4) is 5.88 Å². The van der Waals surface area contributed by atoms with Crippen LogP contribution in [0.4, 0.5) is 16.2 Å². The molecule has 3 atom stereocenters. The van der Waals surface area contributed by atoms with Gasteiger partial charge < -0.3 is 24.5 Å². The van der Waals surface area contributed by atoms with Crippen LogP contribution < -0.4 is 15.4 Å². The van der Waals surface area contributed by atoms with E-state index in [4.69, 9.17) is 19.6 Å². The molecule has 1 saturated heterocycles. The lowest BCUT2D eigenvalue weighted by atomic mass is 9.80. The van der Waals surface area contributed by atoms with E-state index >= 15 is 0 Å². The first-order chi connectivity index (χ1) is 16.0. The number of piperidine rings is 1. The fourth-order valence-electron chi connectivity index (χ4n) is 5.02. The van der Waals surface area contributed by atoms with Gasteiger partial charge in [-0.3, -0.25) is 10.1 Å². The maximum atomic E-state index is 11.9. The number of pyridine rings is 1. The van der Waals surface area contributed by atoms with E-state index in [2.05, 4.69) is 50.7 Å². The summed E-state index contributed by atoms with van der Waals surface area (Å²) < 4.78 is 18.0. The third-order valence-electron chi connectivity index (χ3n) is 7.55. The van der Waals surface area contributed by atoms with Gasteiger partial charge in [-0.05, 0) is 44.3 Å². The minimum atomic E-state index is -2.12. The molecule has 0 unspecified atom stereocenters. The Morgan fingerprint density at radius 1 is 1.31 bits per heavy atom. The molecule has 0 spiro atoms. The Bertz CT molecular complexity index is 977. The lowest BCUT2D eigenvalue weighted by Gasteiger charge is -2.49. The minimum Gasteiger partial charge on any atom is -0.477 e. The number of anilines is 1. The summed E-state index contributed by atoms with van der Waals surface area (Å²) in [5.41, 5.74) is 5.87. The maximum Gasteiger partial charge on any atom is 0.405 e. The number of nitrogens with two attached hydrogens (primary N) is 1. The molecular weight excluding hydrogens is 468 g/mol. The number of hydrogen-bond donors (Lipinski definition) is 1. The number of hydrogen-bond acceptors (Lipinski definition) is 8. The number of nitro groups is 1. The average molecular weight is 509 g/mol. The molecule has 2 aliphatic heterocycles. The van der Waals surface area contributed by atoms with Crippen LogP contribution in [0.3, 0.4) is 0 Å². The van der Waals surface area contributed by atoms with Crippen molar-refractivity contribution in [2.75, 3.05) is 24.6 Å². The zero-order valence-electron chi connectivity index (χ0n) is 22.2. The lowest BCUT2D eigenvalue weighted by Crippen LogP contribution is -2.56. The van der Waals surface area contributed by atoms with Gasteiger partial charge in [0.2, 0.25) is 5.88 Å². The molecular formula is C24H40N4O6Si. The molecule has 1 fully saturated rings. The molecule has 0 saturated carbocycles. The van der Waals surface area contributed by atoms with Crippen molar-refractivity contribution in [2.24, 2.45) is 17.6 Å². The van der Waals surface area contributed by atoms with E-state index in [1.807, 2.05) is 13.8 Å². The number of amides is 1. The topological polar surface area (TPSA) is 130 Å².